The monoisotopic (exact) mass is 269 g/mol. The molecular formula is C12H19N3O4. The molecule has 19 heavy (non-hydrogen) atoms. The largest absolute Gasteiger partial charge is 0.378 e. The molecular weight excluding hydrogens is 250 g/mol. The number of carbonyl (C=O) groups excluding carboxylic acids is 3. The van der Waals surface area contributed by atoms with Gasteiger partial charge in [-0.15, -0.1) is 0 Å². The van der Waals surface area contributed by atoms with Crippen LogP contribution < -0.4 is 10.6 Å². The minimum Gasteiger partial charge on any atom is -0.378 e. The molecule has 7 nitrogen and oxygen atoms in total. The molecule has 2 N–H and O–H groups in total. The van der Waals surface area contributed by atoms with Crippen LogP contribution in [0.3, 0.4) is 0 Å². The second-order valence-electron chi connectivity index (χ2n) is 4.87. The summed E-state index contributed by atoms with van der Waals surface area (Å²) >= 11 is 0. The molecule has 0 aromatic carbocycles. The lowest BCUT2D eigenvalue weighted by Crippen LogP contribution is -2.51. The number of hydrogen-bond donors (Lipinski definition) is 2. The van der Waals surface area contributed by atoms with Crippen molar-refractivity contribution in [3.63, 3.8) is 0 Å². The molecule has 2 aliphatic heterocycles. The number of rotatable bonds is 3. The normalized spacial score (nSPS) is 24.8. The Bertz CT molecular complexity index is 379. The van der Waals surface area contributed by atoms with Gasteiger partial charge in [-0.05, 0) is 6.92 Å². The van der Waals surface area contributed by atoms with Gasteiger partial charge in [0.15, 0.2) is 0 Å². The summed E-state index contributed by atoms with van der Waals surface area (Å²) in [6.45, 7) is 4.20. The molecule has 0 radical (unpaired) electrons. The fourth-order valence-electron chi connectivity index (χ4n) is 2.24. The van der Waals surface area contributed by atoms with Crippen molar-refractivity contribution in [1.82, 2.24) is 15.5 Å². The van der Waals surface area contributed by atoms with E-state index in [9.17, 15) is 14.4 Å². The van der Waals surface area contributed by atoms with Gasteiger partial charge in [0.25, 0.3) is 0 Å². The molecule has 0 bridgehead atoms. The highest BCUT2D eigenvalue weighted by Crippen LogP contribution is 2.09. The van der Waals surface area contributed by atoms with Gasteiger partial charge in [0.05, 0.1) is 19.1 Å². The molecule has 0 saturated carbocycles. The Morgan fingerprint density at radius 1 is 1.42 bits per heavy atom. The smallest absolute Gasteiger partial charge is 0.245 e. The third-order valence-electron chi connectivity index (χ3n) is 3.40. The topological polar surface area (TPSA) is 87.7 Å². The summed E-state index contributed by atoms with van der Waals surface area (Å²) in [4.78, 5) is 36.7. The van der Waals surface area contributed by atoms with E-state index in [1.165, 1.54) is 0 Å². The first-order valence-corrected chi connectivity index (χ1v) is 6.51. The summed E-state index contributed by atoms with van der Waals surface area (Å²) in [5.41, 5.74) is 0. The second-order valence-corrected chi connectivity index (χ2v) is 4.87. The standard InChI is InChI=1S/C12H19N3O4/c1-8(12(18)15-2-4-19-5-3-15)14-11(17)9-6-10(16)13-7-9/h8-9H,2-7H2,1H3,(H,13,16)(H,14,17). The highest BCUT2D eigenvalue weighted by atomic mass is 16.5. The summed E-state index contributed by atoms with van der Waals surface area (Å²) in [5.74, 6) is -0.832. The van der Waals surface area contributed by atoms with Crippen molar-refractivity contribution in [1.29, 1.82) is 0 Å². The van der Waals surface area contributed by atoms with Gasteiger partial charge in [0, 0.05) is 26.1 Å². The van der Waals surface area contributed by atoms with Crippen LogP contribution >= 0.6 is 0 Å². The van der Waals surface area contributed by atoms with Crippen LogP contribution in [0.4, 0.5) is 0 Å². The zero-order valence-electron chi connectivity index (χ0n) is 11.0. The maximum absolute atomic E-state index is 12.1. The molecule has 0 aromatic heterocycles. The van der Waals surface area contributed by atoms with Crippen LogP contribution in [0.15, 0.2) is 0 Å². The quantitative estimate of drug-likeness (QED) is 0.652. The highest BCUT2D eigenvalue weighted by molar-refractivity contribution is 5.92. The van der Waals surface area contributed by atoms with E-state index in [1.54, 1.807) is 11.8 Å². The van der Waals surface area contributed by atoms with Gasteiger partial charge in [-0.1, -0.05) is 0 Å². The van der Waals surface area contributed by atoms with E-state index in [1.807, 2.05) is 0 Å². The number of hydrogen-bond acceptors (Lipinski definition) is 4. The minimum atomic E-state index is -0.568. The van der Waals surface area contributed by atoms with Gasteiger partial charge in [0.1, 0.15) is 6.04 Å². The molecule has 2 rings (SSSR count). The maximum Gasteiger partial charge on any atom is 0.245 e. The summed E-state index contributed by atoms with van der Waals surface area (Å²) in [5, 5.41) is 5.28. The number of ether oxygens (including phenoxy) is 1. The van der Waals surface area contributed by atoms with E-state index >= 15 is 0 Å². The predicted octanol–water partition coefficient (Wildman–Crippen LogP) is -1.51. The van der Waals surface area contributed by atoms with E-state index in [0.717, 1.165) is 0 Å². The van der Waals surface area contributed by atoms with Gasteiger partial charge in [-0.25, -0.2) is 0 Å². The lowest BCUT2D eigenvalue weighted by atomic mass is 10.1. The molecule has 2 heterocycles. The summed E-state index contributed by atoms with van der Waals surface area (Å²) in [7, 11) is 0. The number of amides is 3. The van der Waals surface area contributed by atoms with E-state index in [-0.39, 0.29) is 30.1 Å². The fraction of sp³-hybridized carbons (Fsp3) is 0.750. The van der Waals surface area contributed by atoms with Crippen molar-refractivity contribution in [3.8, 4) is 0 Å². The second kappa shape index (κ2) is 6.01. The third-order valence-corrected chi connectivity index (χ3v) is 3.40. The molecule has 2 aliphatic rings. The number of nitrogens with zero attached hydrogens (tertiary/aromatic N) is 1. The van der Waals surface area contributed by atoms with E-state index in [4.69, 9.17) is 4.74 Å². The summed E-state index contributed by atoms with van der Waals surface area (Å²) < 4.78 is 5.18. The van der Waals surface area contributed by atoms with Gasteiger partial charge in [-0.3, -0.25) is 14.4 Å². The Hall–Kier alpha value is -1.63. The van der Waals surface area contributed by atoms with Crippen LogP contribution in [0.2, 0.25) is 0 Å². The molecule has 2 fully saturated rings. The molecule has 0 aromatic rings. The van der Waals surface area contributed by atoms with E-state index in [2.05, 4.69) is 10.6 Å². The number of carbonyl (C=O) groups is 3. The predicted molar refractivity (Wildman–Crippen MR) is 66.1 cm³/mol. The van der Waals surface area contributed by atoms with Crippen molar-refractivity contribution in [2.45, 2.75) is 19.4 Å². The van der Waals surface area contributed by atoms with Gasteiger partial charge >= 0.3 is 0 Å². The van der Waals surface area contributed by atoms with Gasteiger partial charge < -0.3 is 20.3 Å². The van der Waals surface area contributed by atoms with Crippen LogP contribution in [0.5, 0.6) is 0 Å². The van der Waals surface area contributed by atoms with Crippen LogP contribution in [0.1, 0.15) is 13.3 Å². The molecule has 2 unspecified atom stereocenters. The van der Waals surface area contributed by atoms with Crippen molar-refractivity contribution >= 4 is 17.7 Å². The molecule has 3 amide bonds. The minimum absolute atomic E-state index is 0.103. The third kappa shape index (κ3) is 3.44. The van der Waals surface area contributed by atoms with Gasteiger partial charge in [0.2, 0.25) is 17.7 Å². The highest BCUT2D eigenvalue weighted by Gasteiger charge is 2.30. The Labute approximate surface area is 111 Å². The molecule has 0 aliphatic carbocycles. The Morgan fingerprint density at radius 2 is 2.11 bits per heavy atom. The van der Waals surface area contributed by atoms with Crippen LogP contribution in [0, 0.1) is 5.92 Å². The van der Waals surface area contributed by atoms with Crippen LogP contribution in [-0.2, 0) is 19.1 Å². The summed E-state index contributed by atoms with van der Waals surface area (Å²) in [6, 6.07) is -0.568. The number of nitrogens with one attached hydrogen (secondary N) is 2. The Morgan fingerprint density at radius 3 is 2.68 bits per heavy atom. The first kappa shape index (κ1) is 13.8. The lowest BCUT2D eigenvalue weighted by Gasteiger charge is -2.29. The van der Waals surface area contributed by atoms with Gasteiger partial charge in [-0.2, -0.15) is 0 Å². The van der Waals surface area contributed by atoms with Crippen LogP contribution in [-0.4, -0.2) is 61.5 Å². The summed E-state index contributed by atoms with van der Waals surface area (Å²) in [6.07, 6.45) is 0.199. The Balaban J connectivity index is 1.82. The van der Waals surface area contributed by atoms with Crippen molar-refractivity contribution in [3.05, 3.63) is 0 Å². The van der Waals surface area contributed by atoms with Crippen molar-refractivity contribution in [2.24, 2.45) is 5.92 Å². The lowest BCUT2D eigenvalue weighted by molar-refractivity contribution is -0.140. The molecule has 7 heteroatoms. The average Bonchev–Trinajstić information content (AvgIpc) is 2.85. The first-order valence-electron chi connectivity index (χ1n) is 6.51. The number of morpholine rings is 1. The Kier molecular flexibility index (Phi) is 4.36. The fourth-order valence-corrected chi connectivity index (χ4v) is 2.24. The van der Waals surface area contributed by atoms with Crippen molar-refractivity contribution < 1.29 is 19.1 Å². The van der Waals surface area contributed by atoms with Crippen molar-refractivity contribution in [2.75, 3.05) is 32.8 Å². The average molecular weight is 269 g/mol. The van der Waals surface area contributed by atoms with Crippen LogP contribution in [0.25, 0.3) is 0 Å². The van der Waals surface area contributed by atoms with E-state index < -0.39 is 6.04 Å². The zero-order valence-corrected chi connectivity index (χ0v) is 11.0. The molecule has 0 spiro atoms. The molecule has 2 atom stereocenters. The van der Waals surface area contributed by atoms with E-state index in [0.29, 0.717) is 32.8 Å². The first-order chi connectivity index (χ1) is 9.08. The molecule has 2 saturated heterocycles. The molecule has 106 valence electrons. The zero-order chi connectivity index (χ0) is 13.8. The SMILES string of the molecule is CC(NC(=O)C1CNC(=O)C1)C(=O)N1CCOCC1. The maximum atomic E-state index is 12.1.